The average Bonchev–Trinajstić information content (AvgIpc) is 3.06. The zero-order chi connectivity index (χ0) is 27.2. The van der Waals surface area contributed by atoms with Gasteiger partial charge in [-0.1, -0.05) is 45.7 Å². The van der Waals surface area contributed by atoms with Crippen molar-refractivity contribution in [3.63, 3.8) is 0 Å². The van der Waals surface area contributed by atoms with Gasteiger partial charge < -0.3 is 23.8 Å². The summed E-state index contributed by atoms with van der Waals surface area (Å²) >= 11 is 9.62. The third-order valence-corrected chi connectivity index (χ3v) is 7.96. The van der Waals surface area contributed by atoms with Gasteiger partial charge in [-0.15, -0.1) is 0 Å². The van der Waals surface area contributed by atoms with Crippen LogP contribution in [0.15, 0.2) is 52.2 Å². The number of para-hydroxylation sites is 1. The number of methoxy groups -OCH3 is 1. The molecular weight excluding hydrogens is 601 g/mol. The minimum Gasteiger partial charge on any atom is -0.462 e. The van der Waals surface area contributed by atoms with Crippen LogP contribution in [0.2, 0.25) is 0 Å². The van der Waals surface area contributed by atoms with Crippen molar-refractivity contribution in [1.82, 2.24) is 14.6 Å². The lowest BCUT2D eigenvalue weighted by molar-refractivity contribution is -0.148. The van der Waals surface area contributed by atoms with Gasteiger partial charge in [0.25, 0.3) is 5.56 Å². The van der Waals surface area contributed by atoms with Crippen LogP contribution in [0.5, 0.6) is 5.75 Å². The fraction of sp³-hybridized carbons (Fsp3) is 0.476. The highest BCUT2D eigenvalue weighted by Crippen LogP contribution is 2.50. The van der Waals surface area contributed by atoms with Gasteiger partial charge in [0, 0.05) is 25.4 Å². The molecule has 6 atom stereocenters. The van der Waals surface area contributed by atoms with Crippen LogP contribution in [0.25, 0.3) is 0 Å². The molecular formula is C21H26BrClN3O10P. The van der Waals surface area contributed by atoms with Gasteiger partial charge in [0.1, 0.15) is 31.2 Å². The number of H-pyrrole nitrogens is 1. The highest BCUT2D eigenvalue weighted by Gasteiger charge is 2.55. The summed E-state index contributed by atoms with van der Waals surface area (Å²) in [5.41, 5.74) is -1.44. The molecule has 2 unspecified atom stereocenters. The average molecular weight is 627 g/mol. The first kappa shape index (κ1) is 29.5. The van der Waals surface area contributed by atoms with E-state index in [0.717, 1.165) is 16.8 Å². The Morgan fingerprint density at radius 2 is 2.05 bits per heavy atom. The summed E-state index contributed by atoms with van der Waals surface area (Å²) in [6, 6.07) is 8.60. The van der Waals surface area contributed by atoms with Crippen molar-refractivity contribution in [1.29, 1.82) is 0 Å². The Morgan fingerprint density at radius 1 is 1.35 bits per heavy atom. The summed E-state index contributed by atoms with van der Waals surface area (Å²) in [5.74, 6) is -0.391. The van der Waals surface area contributed by atoms with Crippen LogP contribution in [-0.2, 0) is 28.1 Å². The number of esters is 1. The first-order valence-corrected chi connectivity index (χ1v) is 13.6. The Hall–Kier alpha value is -2.03. The van der Waals surface area contributed by atoms with E-state index in [1.54, 1.807) is 37.3 Å². The summed E-state index contributed by atoms with van der Waals surface area (Å²) in [4.78, 5) is 37.3. The topological polar surface area (TPSA) is 167 Å². The molecule has 13 nitrogen and oxygen atoms in total. The largest absolute Gasteiger partial charge is 0.462 e. The van der Waals surface area contributed by atoms with Gasteiger partial charge in [0.05, 0.1) is 6.61 Å². The number of aromatic nitrogens is 2. The van der Waals surface area contributed by atoms with Crippen LogP contribution in [-0.4, -0.2) is 69.6 Å². The number of hydrogen-bond donors (Lipinski definition) is 3. The zero-order valence-electron chi connectivity index (χ0n) is 19.7. The standard InChI is InChI=1S/C21H26BrClN3O10P/c1-13(10-33-17(28)12-32-2)25-37(31,36-14-6-4-3-5-7-14)34-11-15-18(29)21(22,23)19(35-15)26-9-8-16(27)24-20(26)30/h3-9,13,15,18-19,29H,10-12H2,1-2H3,(H,25,31)(H,24,27,30)/t13?,15-,18-,19-,21+,37?/m1/s1. The van der Waals surface area contributed by atoms with Gasteiger partial charge in [0.15, 0.2) is 10.0 Å². The number of aliphatic hydroxyl groups excluding tert-OH is 1. The molecule has 37 heavy (non-hydrogen) atoms. The number of alkyl halides is 2. The summed E-state index contributed by atoms with van der Waals surface area (Å²) in [5, 5.41) is 13.4. The maximum absolute atomic E-state index is 13.6. The lowest BCUT2D eigenvalue weighted by atomic mass is 10.2. The SMILES string of the molecule is COCC(=O)OCC(C)NP(=O)(OC[C@H]1O[C@@H](n2ccc(=O)[nH]c2=O)[C@](Cl)(Br)[C@@H]1O)Oc1ccccc1. The Bertz CT molecular complexity index is 1230. The molecule has 1 aliphatic rings. The molecule has 0 bridgehead atoms. The molecule has 1 saturated heterocycles. The van der Waals surface area contributed by atoms with Crippen molar-refractivity contribution in [2.75, 3.05) is 26.9 Å². The number of benzene rings is 1. The van der Waals surface area contributed by atoms with Gasteiger partial charge in [0.2, 0.25) is 0 Å². The number of nitrogens with zero attached hydrogens (tertiary/aromatic N) is 1. The number of hydrogen-bond acceptors (Lipinski definition) is 10. The number of ether oxygens (including phenoxy) is 3. The van der Waals surface area contributed by atoms with Crippen LogP contribution in [0.1, 0.15) is 13.2 Å². The fourth-order valence-electron chi connectivity index (χ4n) is 3.28. The molecule has 3 rings (SSSR count). The van der Waals surface area contributed by atoms with Crippen molar-refractivity contribution in [3.05, 3.63) is 63.4 Å². The molecule has 0 saturated carbocycles. The van der Waals surface area contributed by atoms with Crippen LogP contribution >= 0.6 is 35.3 Å². The third kappa shape index (κ3) is 7.74. The molecule has 3 N–H and O–H groups in total. The normalized spacial score (nSPS) is 25.8. The molecule has 2 aromatic rings. The smallest absolute Gasteiger partial charge is 0.459 e. The Kier molecular flexibility index (Phi) is 10.1. The van der Waals surface area contributed by atoms with Gasteiger partial charge in [-0.25, -0.2) is 19.2 Å². The number of halogens is 2. The summed E-state index contributed by atoms with van der Waals surface area (Å²) in [7, 11) is -2.79. The molecule has 0 spiro atoms. The van der Waals surface area contributed by atoms with Crippen LogP contribution in [0.4, 0.5) is 0 Å². The third-order valence-electron chi connectivity index (χ3n) is 5.00. The van der Waals surface area contributed by atoms with E-state index in [1.807, 2.05) is 0 Å². The van der Waals surface area contributed by atoms with E-state index in [4.69, 9.17) is 34.9 Å². The quantitative estimate of drug-likeness (QED) is 0.177. The predicted octanol–water partition coefficient (Wildman–Crippen LogP) is 1.50. The number of nitrogens with one attached hydrogen (secondary N) is 2. The summed E-state index contributed by atoms with van der Waals surface area (Å²) in [6.07, 6.45) is -2.72. The minimum absolute atomic E-state index is 0.167. The molecule has 1 aromatic carbocycles. The van der Waals surface area contributed by atoms with E-state index in [0.29, 0.717) is 0 Å². The van der Waals surface area contributed by atoms with Crippen molar-refractivity contribution < 1.29 is 37.7 Å². The summed E-state index contributed by atoms with van der Waals surface area (Å²) in [6.45, 7) is 0.694. The Morgan fingerprint density at radius 3 is 2.70 bits per heavy atom. The highest BCUT2D eigenvalue weighted by molar-refractivity contribution is 9.10. The predicted molar refractivity (Wildman–Crippen MR) is 135 cm³/mol. The second-order valence-electron chi connectivity index (χ2n) is 8.01. The molecule has 0 aliphatic carbocycles. The van der Waals surface area contributed by atoms with Crippen LogP contribution in [0.3, 0.4) is 0 Å². The second-order valence-corrected chi connectivity index (χ2v) is 12.1. The van der Waals surface area contributed by atoms with Crippen molar-refractivity contribution in [3.8, 4) is 5.75 Å². The number of rotatable bonds is 12. The molecule has 204 valence electrons. The fourth-order valence-corrected chi connectivity index (χ4v) is 5.74. The number of carbonyl (C=O) groups is 1. The van der Waals surface area contributed by atoms with Gasteiger partial charge >= 0.3 is 19.4 Å². The molecule has 0 radical (unpaired) electrons. The number of aromatic amines is 1. The summed E-state index contributed by atoms with van der Waals surface area (Å²) < 4.78 is 39.6. The van der Waals surface area contributed by atoms with Crippen LogP contribution in [0, 0.1) is 0 Å². The van der Waals surface area contributed by atoms with E-state index < -0.39 is 59.8 Å². The highest BCUT2D eigenvalue weighted by atomic mass is 79.9. The Balaban J connectivity index is 1.74. The molecule has 1 aromatic heterocycles. The maximum Gasteiger partial charge on any atom is 0.459 e. The lowest BCUT2D eigenvalue weighted by Gasteiger charge is -2.25. The second kappa shape index (κ2) is 12.7. The first-order valence-electron chi connectivity index (χ1n) is 10.9. The molecule has 1 aliphatic heterocycles. The van der Waals surface area contributed by atoms with E-state index >= 15 is 0 Å². The van der Waals surface area contributed by atoms with Crippen molar-refractivity contribution >= 4 is 41.2 Å². The zero-order valence-corrected chi connectivity index (χ0v) is 23.0. The molecule has 16 heteroatoms. The molecule has 0 amide bonds. The van der Waals surface area contributed by atoms with Gasteiger partial charge in [-0.2, -0.15) is 0 Å². The Labute approximate surface area is 224 Å². The molecule has 1 fully saturated rings. The van der Waals surface area contributed by atoms with Gasteiger partial charge in [-0.3, -0.25) is 18.9 Å². The first-order chi connectivity index (χ1) is 17.4. The number of carbonyl (C=O) groups excluding carboxylic acids is 1. The minimum atomic E-state index is -4.14. The number of aliphatic hydroxyl groups is 1. The lowest BCUT2D eigenvalue weighted by Crippen LogP contribution is -2.41. The van der Waals surface area contributed by atoms with E-state index in [-0.39, 0.29) is 19.0 Å². The maximum atomic E-state index is 13.6. The van der Waals surface area contributed by atoms with Gasteiger partial charge in [-0.05, 0) is 19.1 Å². The van der Waals surface area contributed by atoms with Crippen molar-refractivity contribution in [2.24, 2.45) is 0 Å². The van der Waals surface area contributed by atoms with E-state index in [2.05, 4.69) is 26.0 Å². The van der Waals surface area contributed by atoms with E-state index in [9.17, 15) is 24.1 Å². The van der Waals surface area contributed by atoms with Crippen LogP contribution < -0.4 is 20.9 Å². The van der Waals surface area contributed by atoms with Crippen molar-refractivity contribution in [2.45, 2.75) is 35.2 Å². The van der Waals surface area contributed by atoms with E-state index in [1.165, 1.54) is 7.11 Å². The monoisotopic (exact) mass is 625 g/mol. The molecule has 2 heterocycles.